The summed E-state index contributed by atoms with van der Waals surface area (Å²) >= 11 is 3.36. The van der Waals surface area contributed by atoms with Gasteiger partial charge in [0.05, 0.1) is 0 Å². The molecule has 0 saturated heterocycles. The van der Waals surface area contributed by atoms with Crippen molar-refractivity contribution in [2.75, 3.05) is 13.1 Å². The fraction of sp³-hybridized carbons (Fsp3) is 0.273. The monoisotopic (exact) mass is 298 g/mol. The summed E-state index contributed by atoms with van der Waals surface area (Å²) in [5.41, 5.74) is 1.67. The van der Waals surface area contributed by atoms with Gasteiger partial charge in [-0.05, 0) is 23.8 Å². The van der Waals surface area contributed by atoms with Crippen LogP contribution in [0.1, 0.15) is 15.9 Å². The zero-order valence-electron chi connectivity index (χ0n) is 8.94. The Bertz CT molecular complexity index is 476. The first-order valence-electron chi connectivity index (χ1n) is 5.12. The van der Waals surface area contributed by atoms with E-state index in [4.69, 9.17) is 5.11 Å². The average molecular weight is 299 g/mol. The minimum absolute atomic E-state index is 0.0420. The third-order valence-electron chi connectivity index (χ3n) is 2.60. The van der Waals surface area contributed by atoms with Crippen LogP contribution in [0.5, 0.6) is 0 Å². The Balaban J connectivity index is 2.02. The first-order chi connectivity index (χ1) is 8.08. The summed E-state index contributed by atoms with van der Waals surface area (Å²) in [6, 6.07) is 5.53. The molecule has 0 aromatic heterocycles. The lowest BCUT2D eigenvalue weighted by Gasteiger charge is -2.14. The van der Waals surface area contributed by atoms with E-state index >= 15 is 0 Å². The quantitative estimate of drug-likeness (QED) is 0.892. The van der Waals surface area contributed by atoms with Gasteiger partial charge in [-0.2, -0.15) is 0 Å². The summed E-state index contributed by atoms with van der Waals surface area (Å²) in [6.07, 6.45) is -1.07. The van der Waals surface area contributed by atoms with Gasteiger partial charge in [-0.3, -0.25) is 4.79 Å². The maximum absolute atomic E-state index is 11.9. The van der Waals surface area contributed by atoms with E-state index in [-0.39, 0.29) is 12.5 Å². The summed E-state index contributed by atoms with van der Waals surface area (Å²) in [6.45, 7) is 1.17. The zero-order chi connectivity index (χ0) is 12.4. The van der Waals surface area contributed by atoms with Gasteiger partial charge in [-0.15, -0.1) is 0 Å². The minimum atomic E-state index is -1.07. The van der Waals surface area contributed by atoms with Crippen LogP contribution in [0.4, 0.5) is 4.79 Å². The summed E-state index contributed by atoms with van der Waals surface area (Å²) in [5.74, 6) is -0.0420. The molecule has 2 amide bonds. The molecule has 0 atom stereocenters. The van der Waals surface area contributed by atoms with E-state index in [0.717, 1.165) is 10.0 Å². The number of nitrogens with one attached hydrogen (secondary N) is 1. The van der Waals surface area contributed by atoms with Crippen LogP contribution in [0, 0.1) is 0 Å². The van der Waals surface area contributed by atoms with Crippen LogP contribution < -0.4 is 5.32 Å². The van der Waals surface area contributed by atoms with Crippen molar-refractivity contribution >= 4 is 27.9 Å². The third kappa shape index (κ3) is 2.58. The zero-order valence-corrected chi connectivity index (χ0v) is 10.5. The molecule has 0 bridgehead atoms. The third-order valence-corrected chi connectivity index (χ3v) is 3.10. The number of hydrogen-bond acceptors (Lipinski definition) is 2. The van der Waals surface area contributed by atoms with Gasteiger partial charge in [0.25, 0.3) is 5.91 Å². The molecule has 6 heteroatoms. The molecule has 2 N–H and O–H groups in total. The summed E-state index contributed by atoms with van der Waals surface area (Å²) in [4.78, 5) is 23.8. The number of carbonyl (C=O) groups excluding carboxylic acids is 1. The molecule has 0 saturated carbocycles. The van der Waals surface area contributed by atoms with Crippen LogP contribution in [0.25, 0.3) is 0 Å². The van der Waals surface area contributed by atoms with Crippen molar-refractivity contribution in [3.05, 3.63) is 33.8 Å². The van der Waals surface area contributed by atoms with E-state index in [2.05, 4.69) is 21.2 Å². The predicted molar refractivity (Wildman–Crippen MR) is 64.9 cm³/mol. The Morgan fingerprint density at radius 3 is 3.00 bits per heavy atom. The molecule has 5 nitrogen and oxygen atoms in total. The molecule has 1 aromatic carbocycles. The van der Waals surface area contributed by atoms with Gasteiger partial charge in [0, 0.05) is 29.7 Å². The number of rotatable bonds is 3. The van der Waals surface area contributed by atoms with E-state index in [1.165, 1.54) is 0 Å². The number of amides is 2. The highest BCUT2D eigenvalue weighted by molar-refractivity contribution is 9.10. The van der Waals surface area contributed by atoms with Crippen molar-refractivity contribution < 1.29 is 14.7 Å². The van der Waals surface area contributed by atoms with Crippen LogP contribution in [-0.2, 0) is 6.54 Å². The Labute approximate surface area is 107 Å². The molecular weight excluding hydrogens is 288 g/mol. The average Bonchev–Trinajstić information content (AvgIpc) is 2.55. The van der Waals surface area contributed by atoms with Gasteiger partial charge in [0.15, 0.2) is 0 Å². The number of hydrogen-bond donors (Lipinski definition) is 2. The number of fused-ring (bicyclic) bond motifs is 1. The smallest absolute Gasteiger partial charge is 0.404 e. The number of halogens is 1. The lowest BCUT2D eigenvalue weighted by molar-refractivity contribution is 0.0778. The van der Waals surface area contributed by atoms with Crippen molar-refractivity contribution in [2.45, 2.75) is 6.54 Å². The first-order valence-corrected chi connectivity index (χ1v) is 5.92. The van der Waals surface area contributed by atoms with Gasteiger partial charge >= 0.3 is 6.09 Å². The maximum atomic E-state index is 11.9. The Morgan fingerprint density at radius 1 is 1.53 bits per heavy atom. The van der Waals surface area contributed by atoms with Crippen molar-refractivity contribution in [1.82, 2.24) is 10.2 Å². The molecule has 0 aliphatic carbocycles. The van der Waals surface area contributed by atoms with Crippen LogP contribution in [0.15, 0.2) is 22.7 Å². The molecule has 0 radical (unpaired) electrons. The molecule has 90 valence electrons. The molecule has 0 fully saturated rings. The predicted octanol–water partition coefficient (Wildman–Crippen LogP) is 1.67. The topological polar surface area (TPSA) is 69.6 Å². The van der Waals surface area contributed by atoms with E-state index < -0.39 is 6.09 Å². The van der Waals surface area contributed by atoms with E-state index in [1.54, 1.807) is 11.0 Å². The molecule has 0 unspecified atom stereocenters. The number of benzene rings is 1. The lowest BCUT2D eigenvalue weighted by atomic mass is 10.1. The number of carbonyl (C=O) groups is 2. The molecule has 1 aromatic rings. The fourth-order valence-corrected chi connectivity index (χ4v) is 2.24. The summed E-state index contributed by atoms with van der Waals surface area (Å²) < 4.78 is 0.939. The highest BCUT2D eigenvalue weighted by Gasteiger charge is 2.26. The molecular formula is C11H11BrN2O3. The van der Waals surface area contributed by atoms with Crippen molar-refractivity contribution in [3.63, 3.8) is 0 Å². The Kier molecular flexibility index (Phi) is 3.33. The van der Waals surface area contributed by atoms with Crippen molar-refractivity contribution in [2.24, 2.45) is 0 Å². The second-order valence-corrected chi connectivity index (χ2v) is 4.68. The molecule has 1 heterocycles. The Morgan fingerprint density at radius 2 is 2.29 bits per heavy atom. The normalized spacial score (nSPS) is 13.7. The highest BCUT2D eigenvalue weighted by Crippen LogP contribution is 2.25. The van der Waals surface area contributed by atoms with Crippen LogP contribution in [-0.4, -0.2) is 35.1 Å². The van der Waals surface area contributed by atoms with E-state index in [0.29, 0.717) is 18.7 Å². The second-order valence-electron chi connectivity index (χ2n) is 3.76. The summed E-state index contributed by atoms with van der Waals surface area (Å²) in [5, 5.41) is 10.7. The van der Waals surface area contributed by atoms with Gasteiger partial charge in [-0.25, -0.2) is 4.79 Å². The van der Waals surface area contributed by atoms with E-state index in [9.17, 15) is 9.59 Å². The van der Waals surface area contributed by atoms with Gasteiger partial charge in [0.2, 0.25) is 0 Å². The number of nitrogens with zero attached hydrogens (tertiary/aromatic N) is 1. The largest absolute Gasteiger partial charge is 0.465 e. The standard InChI is InChI=1S/C11H11BrN2O3/c12-8-1-2-9-7(5-8)6-14(10(9)15)4-3-13-11(16)17/h1-2,5,13H,3-4,6H2,(H,16,17). The maximum Gasteiger partial charge on any atom is 0.404 e. The highest BCUT2D eigenvalue weighted by atomic mass is 79.9. The number of carboxylic acid groups (broad SMARTS) is 1. The SMILES string of the molecule is O=C(O)NCCN1Cc2cc(Br)ccc2C1=O. The van der Waals surface area contributed by atoms with Crippen LogP contribution >= 0.6 is 15.9 Å². The summed E-state index contributed by atoms with van der Waals surface area (Å²) in [7, 11) is 0. The van der Waals surface area contributed by atoms with Crippen LogP contribution in [0.3, 0.4) is 0 Å². The lowest BCUT2D eigenvalue weighted by Crippen LogP contribution is -2.34. The minimum Gasteiger partial charge on any atom is -0.465 e. The second kappa shape index (κ2) is 4.75. The molecule has 2 rings (SSSR count). The van der Waals surface area contributed by atoms with Gasteiger partial charge in [0.1, 0.15) is 0 Å². The van der Waals surface area contributed by atoms with Crippen molar-refractivity contribution in [3.8, 4) is 0 Å². The molecule has 1 aliphatic heterocycles. The van der Waals surface area contributed by atoms with Gasteiger partial charge < -0.3 is 15.3 Å². The fourth-order valence-electron chi connectivity index (χ4n) is 1.83. The first kappa shape index (κ1) is 11.9. The molecule has 0 spiro atoms. The molecule has 17 heavy (non-hydrogen) atoms. The Hall–Kier alpha value is -1.56. The van der Waals surface area contributed by atoms with Crippen LogP contribution in [0.2, 0.25) is 0 Å². The van der Waals surface area contributed by atoms with E-state index in [1.807, 2.05) is 12.1 Å². The molecule has 1 aliphatic rings. The van der Waals surface area contributed by atoms with Crippen molar-refractivity contribution in [1.29, 1.82) is 0 Å². The van der Waals surface area contributed by atoms with Gasteiger partial charge in [-0.1, -0.05) is 15.9 Å².